The molecule has 0 unspecified atom stereocenters. The van der Waals surface area contributed by atoms with Gasteiger partial charge in [0.05, 0.1) is 5.56 Å². The molecule has 4 nitrogen and oxygen atoms in total. The van der Waals surface area contributed by atoms with Crippen LogP contribution in [0.25, 0.3) is 11.3 Å². The van der Waals surface area contributed by atoms with Crippen molar-refractivity contribution in [1.29, 1.82) is 0 Å². The van der Waals surface area contributed by atoms with Crippen molar-refractivity contribution in [2.45, 2.75) is 25.7 Å². The third kappa shape index (κ3) is 4.53. The van der Waals surface area contributed by atoms with Crippen LogP contribution in [0.4, 0.5) is 4.39 Å². The number of hydrogen-bond acceptors (Lipinski definition) is 3. The van der Waals surface area contributed by atoms with Gasteiger partial charge in [-0.2, -0.15) is 0 Å². The maximum absolute atomic E-state index is 13.9. The number of hydrogen-bond donors (Lipinski definition) is 1. The zero-order valence-electron chi connectivity index (χ0n) is 15.3. The monoisotopic (exact) mass is 392 g/mol. The first-order valence-electron chi connectivity index (χ1n) is 9.53. The van der Waals surface area contributed by atoms with Crippen LogP contribution in [0, 0.1) is 17.7 Å². The summed E-state index contributed by atoms with van der Waals surface area (Å²) in [5.41, 5.74) is 0.456. The summed E-state index contributed by atoms with van der Waals surface area (Å²) < 4.78 is 19.6. The van der Waals surface area contributed by atoms with Crippen molar-refractivity contribution >= 4 is 18.3 Å². The van der Waals surface area contributed by atoms with Crippen molar-refractivity contribution in [1.82, 2.24) is 10.2 Å². The number of carbonyl (C=O) groups excluding carboxylic acids is 1. The van der Waals surface area contributed by atoms with Crippen LogP contribution in [0.1, 0.15) is 25.0 Å². The Balaban J connectivity index is 0.00000210. The van der Waals surface area contributed by atoms with Crippen LogP contribution >= 0.6 is 12.4 Å². The van der Waals surface area contributed by atoms with E-state index in [4.69, 9.17) is 4.42 Å². The number of aryl methyl sites for hydroxylation is 1. The van der Waals surface area contributed by atoms with Crippen LogP contribution in [0.15, 0.2) is 40.8 Å². The molecule has 1 N–H and O–H groups in total. The van der Waals surface area contributed by atoms with E-state index < -0.39 is 0 Å². The molecule has 0 spiro atoms. The summed E-state index contributed by atoms with van der Waals surface area (Å²) in [5, 5.41) is 3.46. The number of fused-ring (bicyclic) bond motifs is 1. The summed E-state index contributed by atoms with van der Waals surface area (Å²) in [6, 6.07) is 10.2. The van der Waals surface area contributed by atoms with Gasteiger partial charge in [0, 0.05) is 25.9 Å². The normalized spacial score (nSPS) is 22.0. The average molecular weight is 393 g/mol. The molecule has 2 aliphatic rings. The highest BCUT2D eigenvalue weighted by Gasteiger charge is 2.31. The number of carbonyl (C=O) groups is 1. The summed E-state index contributed by atoms with van der Waals surface area (Å²) >= 11 is 0. The largest absolute Gasteiger partial charge is 0.461 e. The molecule has 1 aromatic heterocycles. The predicted octanol–water partition coefficient (Wildman–Crippen LogP) is 3.90. The Kier molecular flexibility index (Phi) is 6.55. The van der Waals surface area contributed by atoms with Gasteiger partial charge in [-0.1, -0.05) is 12.1 Å². The number of nitrogens with one attached hydrogen (secondary N) is 1. The highest BCUT2D eigenvalue weighted by atomic mass is 35.5. The summed E-state index contributed by atoms with van der Waals surface area (Å²) in [7, 11) is 0. The van der Waals surface area contributed by atoms with Gasteiger partial charge in [-0.15, -0.1) is 12.4 Å². The molecule has 6 heteroatoms. The fourth-order valence-electron chi connectivity index (χ4n) is 4.17. The molecule has 0 aliphatic carbocycles. The molecule has 2 saturated heterocycles. The number of rotatable bonds is 4. The first-order chi connectivity index (χ1) is 12.7. The summed E-state index contributed by atoms with van der Waals surface area (Å²) in [5.74, 6) is 2.59. The quantitative estimate of drug-likeness (QED) is 0.858. The summed E-state index contributed by atoms with van der Waals surface area (Å²) in [6.07, 6.45) is 3.19. The van der Waals surface area contributed by atoms with Crippen LogP contribution < -0.4 is 5.32 Å². The maximum Gasteiger partial charge on any atom is 0.223 e. The highest BCUT2D eigenvalue weighted by Crippen LogP contribution is 2.28. The van der Waals surface area contributed by atoms with Gasteiger partial charge < -0.3 is 14.6 Å². The Labute approximate surface area is 165 Å². The van der Waals surface area contributed by atoms with Gasteiger partial charge in [0.25, 0.3) is 0 Å². The lowest BCUT2D eigenvalue weighted by Crippen LogP contribution is -2.32. The lowest BCUT2D eigenvalue weighted by Gasteiger charge is -2.20. The van der Waals surface area contributed by atoms with Crippen LogP contribution in [0.3, 0.4) is 0 Å². The molecule has 27 heavy (non-hydrogen) atoms. The number of amides is 1. The zero-order chi connectivity index (χ0) is 17.9. The number of benzene rings is 1. The molecule has 3 heterocycles. The van der Waals surface area contributed by atoms with E-state index in [0.29, 0.717) is 24.2 Å². The lowest BCUT2D eigenvalue weighted by atomic mass is 9.92. The van der Waals surface area contributed by atoms with Gasteiger partial charge in [0.2, 0.25) is 5.91 Å². The van der Waals surface area contributed by atoms with Gasteiger partial charge >= 0.3 is 0 Å². The Morgan fingerprint density at radius 1 is 1.11 bits per heavy atom. The van der Waals surface area contributed by atoms with E-state index in [9.17, 15) is 9.18 Å². The van der Waals surface area contributed by atoms with Crippen molar-refractivity contribution in [3.8, 4) is 11.3 Å². The number of likely N-dealkylation sites (tertiary alicyclic amines) is 1. The first kappa shape index (κ1) is 19.9. The van der Waals surface area contributed by atoms with E-state index in [2.05, 4.69) is 5.32 Å². The lowest BCUT2D eigenvalue weighted by molar-refractivity contribution is -0.131. The van der Waals surface area contributed by atoms with Crippen molar-refractivity contribution < 1.29 is 13.6 Å². The van der Waals surface area contributed by atoms with E-state index >= 15 is 0 Å². The van der Waals surface area contributed by atoms with Gasteiger partial charge in [-0.25, -0.2) is 4.39 Å². The second-order valence-corrected chi connectivity index (χ2v) is 7.38. The van der Waals surface area contributed by atoms with Crippen LogP contribution in [-0.4, -0.2) is 37.0 Å². The maximum atomic E-state index is 13.9. The molecule has 4 rings (SSSR count). The minimum atomic E-state index is -0.297. The second kappa shape index (κ2) is 8.89. The highest BCUT2D eigenvalue weighted by molar-refractivity contribution is 5.85. The van der Waals surface area contributed by atoms with E-state index in [-0.39, 0.29) is 24.1 Å². The number of halogens is 2. The first-order valence-corrected chi connectivity index (χ1v) is 9.53. The summed E-state index contributed by atoms with van der Waals surface area (Å²) in [6.45, 7) is 3.91. The molecule has 2 fully saturated rings. The Hall–Kier alpha value is -1.85. The standard InChI is InChI=1S/C21H25FN2O2.ClH/c22-19-4-2-1-3-18(19)20-7-5-17(26-20)6-8-21(25)24-11-9-15-13-23-14-16(15)10-12-24;/h1-5,7,15-16,23H,6,8-14H2;1H/t15-,16+;. The predicted molar refractivity (Wildman–Crippen MR) is 105 cm³/mol. The molecular weight excluding hydrogens is 367 g/mol. The Morgan fingerprint density at radius 3 is 2.52 bits per heavy atom. The van der Waals surface area contributed by atoms with Gasteiger partial charge in [-0.3, -0.25) is 4.79 Å². The fraction of sp³-hybridized carbons (Fsp3) is 0.476. The number of nitrogens with zero attached hydrogens (tertiary/aromatic N) is 1. The van der Waals surface area contributed by atoms with E-state index in [1.165, 1.54) is 6.07 Å². The van der Waals surface area contributed by atoms with Crippen molar-refractivity contribution in [2.75, 3.05) is 26.2 Å². The zero-order valence-corrected chi connectivity index (χ0v) is 16.1. The van der Waals surface area contributed by atoms with Crippen molar-refractivity contribution in [3.63, 3.8) is 0 Å². The molecule has 0 bridgehead atoms. The topological polar surface area (TPSA) is 45.5 Å². The molecule has 2 aliphatic heterocycles. The molecule has 1 aromatic carbocycles. The van der Waals surface area contributed by atoms with Crippen molar-refractivity contribution in [2.24, 2.45) is 11.8 Å². The second-order valence-electron chi connectivity index (χ2n) is 7.38. The average Bonchev–Trinajstić information content (AvgIpc) is 3.26. The van der Waals surface area contributed by atoms with E-state index in [1.807, 2.05) is 11.0 Å². The minimum absolute atomic E-state index is 0. The minimum Gasteiger partial charge on any atom is -0.461 e. The van der Waals surface area contributed by atoms with Crippen molar-refractivity contribution in [3.05, 3.63) is 48.0 Å². The van der Waals surface area contributed by atoms with Crippen LogP contribution in [-0.2, 0) is 11.2 Å². The molecule has 146 valence electrons. The smallest absolute Gasteiger partial charge is 0.223 e. The van der Waals surface area contributed by atoms with Gasteiger partial charge in [0.15, 0.2) is 0 Å². The van der Waals surface area contributed by atoms with E-state index in [1.54, 1.807) is 24.3 Å². The van der Waals surface area contributed by atoms with Gasteiger partial charge in [-0.05, 0) is 62.0 Å². The summed E-state index contributed by atoms with van der Waals surface area (Å²) in [4.78, 5) is 14.6. The number of furan rings is 1. The van der Waals surface area contributed by atoms with Crippen LogP contribution in [0.2, 0.25) is 0 Å². The molecule has 1 amide bonds. The SMILES string of the molecule is Cl.O=C(CCc1ccc(-c2ccccc2F)o1)N1CC[C@@H]2CNC[C@@H]2CC1. The third-order valence-electron chi connectivity index (χ3n) is 5.76. The van der Waals surface area contributed by atoms with E-state index in [0.717, 1.165) is 56.6 Å². The fourth-order valence-corrected chi connectivity index (χ4v) is 4.17. The Bertz CT molecular complexity index is 765. The van der Waals surface area contributed by atoms with Gasteiger partial charge in [0.1, 0.15) is 17.3 Å². The molecule has 0 saturated carbocycles. The molecule has 2 atom stereocenters. The van der Waals surface area contributed by atoms with Crippen LogP contribution in [0.5, 0.6) is 0 Å². The third-order valence-corrected chi connectivity index (χ3v) is 5.76. The molecule has 0 radical (unpaired) electrons. The Morgan fingerprint density at radius 2 is 1.81 bits per heavy atom. The molecular formula is C21H26ClFN2O2. The molecule has 2 aromatic rings.